The van der Waals surface area contributed by atoms with Crippen LogP contribution in [-0.4, -0.2) is 60.4 Å². The van der Waals surface area contributed by atoms with Gasteiger partial charge < -0.3 is 18.9 Å². The monoisotopic (exact) mass is 580 g/mol. The molecular weight excluding hydrogens is 540 g/mol. The summed E-state index contributed by atoms with van der Waals surface area (Å²) in [6.07, 6.45) is 1.01. The van der Waals surface area contributed by atoms with Crippen LogP contribution in [0.5, 0.6) is 0 Å². The van der Waals surface area contributed by atoms with Crippen LogP contribution in [0.1, 0.15) is 51.7 Å². The molecular formula is C32H40N2O8. The molecule has 0 aromatic heterocycles. The van der Waals surface area contributed by atoms with E-state index in [1.807, 2.05) is 60.7 Å². The van der Waals surface area contributed by atoms with E-state index in [0.717, 1.165) is 11.1 Å². The molecule has 0 radical (unpaired) electrons. The maximum absolute atomic E-state index is 13.5. The van der Waals surface area contributed by atoms with Gasteiger partial charge in [0, 0.05) is 6.04 Å². The van der Waals surface area contributed by atoms with Crippen LogP contribution in [0.3, 0.4) is 0 Å². The number of alkyl carbamates (subject to hydrolysis) is 1. The first-order valence-electron chi connectivity index (χ1n) is 14.0. The Bertz CT molecular complexity index is 1240. The summed E-state index contributed by atoms with van der Waals surface area (Å²) in [4.78, 5) is 53.2. The zero-order valence-electron chi connectivity index (χ0n) is 24.8. The van der Waals surface area contributed by atoms with Gasteiger partial charge in [0.25, 0.3) is 0 Å². The van der Waals surface area contributed by atoms with Crippen molar-refractivity contribution in [2.24, 2.45) is 5.92 Å². The number of hydrogen-bond donors (Lipinski definition) is 1. The lowest BCUT2D eigenvalue weighted by molar-refractivity contribution is -0.148. The third-order valence-corrected chi connectivity index (χ3v) is 6.69. The summed E-state index contributed by atoms with van der Waals surface area (Å²) < 4.78 is 21.2. The van der Waals surface area contributed by atoms with Gasteiger partial charge in [-0.1, -0.05) is 66.7 Å². The third-order valence-electron chi connectivity index (χ3n) is 6.69. The smallest absolute Gasteiger partial charge is 0.412 e. The van der Waals surface area contributed by atoms with E-state index in [1.165, 1.54) is 18.1 Å². The number of likely N-dealkylation sites (tertiary alicyclic amines) is 1. The van der Waals surface area contributed by atoms with E-state index in [0.29, 0.717) is 12.8 Å². The molecule has 1 fully saturated rings. The van der Waals surface area contributed by atoms with Crippen molar-refractivity contribution >= 4 is 24.1 Å². The van der Waals surface area contributed by atoms with E-state index >= 15 is 0 Å². The molecule has 0 aliphatic carbocycles. The molecule has 2 aromatic rings. The maximum Gasteiger partial charge on any atom is 0.412 e. The van der Waals surface area contributed by atoms with E-state index in [1.54, 1.807) is 27.7 Å². The minimum Gasteiger partial charge on any atom is -0.464 e. The standard InChI is InChI=1S/C32H40N2O8/c1-6-40-29(36)27-20-24(19-22-13-9-7-10-14-22)26(34(27)31(38)42-32(2,3)4)18-17-25(28(35)39-5)33-30(37)41-21-23-15-11-8-12-16-23/h7-17,24,26-27H,6,18-21H2,1-5H3,(H,33,37)/b25-17-/t24-,26+,27+/m1/s1. The molecule has 0 unspecified atom stereocenters. The van der Waals surface area contributed by atoms with Crippen molar-refractivity contribution < 1.29 is 38.1 Å². The molecule has 3 rings (SSSR count). The predicted molar refractivity (Wildman–Crippen MR) is 155 cm³/mol. The highest BCUT2D eigenvalue weighted by Crippen LogP contribution is 2.37. The van der Waals surface area contributed by atoms with Gasteiger partial charge in [-0.25, -0.2) is 19.2 Å². The lowest BCUT2D eigenvalue weighted by Crippen LogP contribution is -2.48. The molecule has 1 heterocycles. The summed E-state index contributed by atoms with van der Waals surface area (Å²) in [5.41, 5.74) is 0.859. The lowest BCUT2D eigenvalue weighted by Gasteiger charge is -2.32. The Morgan fingerprint density at radius 2 is 1.57 bits per heavy atom. The average molecular weight is 581 g/mol. The fraction of sp³-hybridized carbons (Fsp3) is 0.438. The minimum atomic E-state index is -0.878. The summed E-state index contributed by atoms with van der Waals surface area (Å²) in [6, 6.07) is 17.4. The van der Waals surface area contributed by atoms with Crippen LogP contribution in [0.25, 0.3) is 0 Å². The molecule has 0 saturated carbocycles. The molecule has 2 amide bonds. The zero-order chi connectivity index (χ0) is 30.7. The number of amides is 2. The largest absolute Gasteiger partial charge is 0.464 e. The fourth-order valence-corrected chi connectivity index (χ4v) is 4.89. The quantitative estimate of drug-likeness (QED) is 0.233. The number of carbonyl (C=O) groups is 4. The molecule has 42 heavy (non-hydrogen) atoms. The minimum absolute atomic E-state index is 0.0105. The van der Waals surface area contributed by atoms with E-state index in [-0.39, 0.29) is 31.2 Å². The van der Waals surface area contributed by atoms with Crippen molar-refractivity contribution in [3.63, 3.8) is 0 Å². The van der Waals surface area contributed by atoms with Gasteiger partial charge in [0.2, 0.25) is 0 Å². The van der Waals surface area contributed by atoms with Gasteiger partial charge >= 0.3 is 24.1 Å². The van der Waals surface area contributed by atoms with Crippen LogP contribution in [0.4, 0.5) is 9.59 Å². The third kappa shape index (κ3) is 9.36. The molecule has 0 spiro atoms. The highest BCUT2D eigenvalue weighted by Gasteiger charge is 2.48. The van der Waals surface area contributed by atoms with Crippen LogP contribution < -0.4 is 5.32 Å². The van der Waals surface area contributed by atoms with Gasteiger partial charge in [-0.05, 0) is 64.0 Å². The van der Waals surface area contributed by atoms with Gasteiger partial charge in [-0.2, -0.15) is 0 Å². The number of esters is 2. The van der Waals surface area contributed by atoms with Gasteiger partial charge in [0.1, 0.15) is 23.9 Å². The van der Waals surface area contributed by atoms with Crippen LogP contribution >= 0.6 is 0 Å². The Morgan fingerprint density at radius 3 is 2.14 bits per heavy atom. The van der Waals surface area contributed by atoms with Crippen molar-refractivity contribution in [2.45, 2.75) is 71.2 Å². The first-order chi connectivity index (χ1) is 20.0. The summed E-state index contributed by atoms with van der Waals surface area (Å²) >= 11 is 0. The molecule has 10 nitrogen and oxygen atoms in total. The predicted octanol–water partition coefficient (Wildman–Crippen LogP) is 5.16. The Hall–Kier alpha value is -4.34. The van der Waals surface area contributed by atoms with Crippen LogP contribution in [0.15, 0.2) is 72.4 Å². The Morgan fingerprint density at radius 1 is 0.952 bits per heavy atom. The molecule has 2 aromatic carbocycles. The Kier molecular flexibility index (Phi) is 11.5. The normalized spacial score (nSPS) is 18.6. The number of ether oxygens (including phenoxy) is 4. The second-order valence-electron chi connectivity index (χ2n) is 10.9. The summed E-state index contributed by atoms with van der Waals surface area (Å²) in [6.45, 7) is 7.12. The van der Waals surface area contributed by atoms with Crippen LogP contribution in [-0.2, 0) is 41.6 Å². The number of methoxy groups -OCH3 is 1. The second kappa shape index (κ2) is 15.0. The number of rotatable bonds is 10. The first-order valence-corrected chi connectivity index (χ1v) is 14.0. The highest BCUT2D eigenvalue weighted by molar-refractivity contribution is 5.92. The SMILES string of the molecule is CCOC(=O)[C@@H]1C[C@@H](Cc2ccccc2)[C@H](C/C=C(\NC(=O)OCc2ccccc2)C(=O)OC)N1C(=O)OC(C)(C)C. The van der Waals surface area contributed by atoms with Crippen molar-refractivity contribution in [1.82, 2.24) is 10.2 Å². The van der Waals surface area contributed by atoms with Gasteiger partial charge in [0.15, 0.2) is 0 Å². The zero-order valence-corrected chi connectivity index (χ0v) is 24.8. The molecule has 226 valence electrons. The Labute approximate surface area is 247 Å². The molecule has 1 aliphatic heterocycles. The first kappa shape index (κ1) is 32.2. The fourth-order valence-electron chi connectivity index (χ4n) is 4.89. The maximum atomic E-state index is 13.5. The molecule has 1 saturated heterocycles. The van der Waals surface area contributed by atoms with Crippen molar-refractivity contribution in [3.05, 3.63) is 83.6 Å². The average Bonchev–Trinajstić information content (AvgIpc) is 3.32. The second-order valence-corrected chi connectivity index (χ2v) is 10.9. The van der Waals surface area contributed by atoms with E-state index in [9.17, 15) is 19.2 Å². The number of carbonyl (C=O) groups excluding carboxylic acids is 4. The topological polar surface area (TPSA) is 120 Å². The van der Waals surface area contributed by atoms with Crippen LogP contribution in [0, 0.1) is 5.92 Å². The van der Waals surface area contributed by atoms with Gasteiger partial charge in [0.05, 0.1) is 13.7 Å². The molecule has 10 heteroatoms. The number of benzene rings is 2. The highest BCUT2D eigenvalue weighted by atomic mass is 16.6. The van der Waals surface area contributed by atoms with Crippen molar-refractivity contribution in [2.75, 3.05) is 13.7 Å². The summed E-state index contributed by atoms with van der Waals surface area (Å²) in [5, 5.41) is 2.46. The number of nitrogens with zero attached hydrogens (tertiary/aromatic N) is 1. The molecule has 1 aliphatic rings. The van der Waals surface area contributed by atoms with Gasteiger partial charge in [-0.3, -0.25) is 10.2 Å². The van der Waals surface area contributed by atoms with E-state index < -0.39 is 41.8 Å². The summed E-state index contributed by atoms with van der Waals surface area (Å²) in [5.74, 6) is -1.49. The molecule has 1 N–H and O–H groups in total. The number of hydrogen-bond acceptors (Lipinski definition) is 8. The van der Waals surface area contributed by atoms with E-state index in [2.05, 4.69) is 5.32 Å². The molecule has 3 atom stereocenters. The van der Waals surface area contributed by atoms with Crippen molar-refractivity contribution in [1.29, 1.82) is 0 Å². The molecule has 0 bridgehead atoms. The van der Waals surface area contributed by atoms with Gasteiger partial charge in [-0.15, -0.1) is 0 Å². The Balaban J connectivity index is 1.90. The summed E-state index contributed by atoms with van der Waals surface area (Å²) in [7, 11) is 1.20. The van der Waals surface area contributed by atoms with Crippen LogP contribution in [0.2, 0.25) is 0 Å². The van der Waals surface area contributed by atoms with Crippen molar-refractivity contribution in [3.8, 4) is 0 Å². The lowest BCUT2D eigenvalue weighted by atomic mass is 9.89. The number of nitrogens with one attached hydrogen (secondary N) is 1. The van der Waals surface area contributed by atoms with E-state index in [4.69, 9.17) is 18.9 Å².